The summed E-state index contributed by atoms with van der Waals surface area (Å²) in [7, 11) is 2.12. The number of likely N-dealkylation sites (tertiary alicyclic amines) is 1. The van der Waals surface area contributed by atoms with Gasteiger partial charge in [0.1, 0.15) is 0 Å². The summed E-state index contributed by atoms with van der Waals surface area (Å²) in [5.41, 5.74) is 5.50. The molecule has 0 saturated carbocycles. The van der Waals surface area contributed by atoms with Crippen LogP contribution in [-0.4, -0.2) is 42.0 Å². The number of hydrogen-bond acceptors (Lipinski definition) is 3. The molecule has 1 amide bonds. The van der Waals surface area contributed by atoms with Crippen LogP contribution in [-0.2, 0) is 4.79 Å². The van der Waals surface area contributed by atoms with E-state index in [1.807, 2.05) is 6.92 Å². The number of rotatable bonds is 1. The van der Waals surface area contributed by atoms with Gasteiger partial charge < -0.3 is 16.0 Å². The average molecular weight is 211 g/mol. The van der Waals surface area contributed by atoms with Crippen molar-refractivity contribution in [3.05, 3.63) is 0 Å². The highest BCUT2D eigenvalue weighted by molar-refractivity contribution is 5.89. The summed E-state index contributed by atoms with van der Waals surface area (Å²) in [4.78, 5) is 14.1. The zero-order valence-corrected chi connectivity index (χ0v) is 9.68. The third kappa shape index (κ3) is 1.76. The van der Waals surface area contributed by atoms with Gasteiger partial charge in [-0.3, -0.25) is 4.79 Å². The quantitative estimate of drug-likeness (QED) is 0.645. The Morgan fingerprint density at radius 3 is 2.53 bits per heavy atom. The summed E-state index contributed by atoms with van der Waals surface area (Å²) in [6, 6.07) is 0. The second-order valence-corrected chi connectivity index (χ2v) is 5.22. The normalized spacial score (nSPS) is 35.8. The predicted molar refractivity (Wildman–Crippen MR) is 59.4 cm³/mol. The van der Waals surface area contributed by atoms with Crippen molar-refractivity contribution in [2.45, 2.75) is 43.7 Å². The maximum Gasteiger partial charge on any atom is 0.240 e. The topological polar surface area (TPSA) is 58.4 Å². The largest absolute Gasteiger partial charge is 0.349 e. The highest BCUT2D eigenvalue weighted by atomic mass is 16.2. The summed E-state index contributed by atoms with van der Waals surface area (Å²) in [5.74, 6) is 0.0505. The molecule has 0 aromatic heterocycles. The third-order valence-electron chi connectivity index (χ3n) is 4.06. The van der Waals surface area contributed by atoms with Gasteiger partial charge in [-0.2, -0.15) is 0 Å². The molecule has 1 spiro atoms. The lowest BCUT2D eigenvalue weighted by atomic mass is 9.80. The molecule has 0 bridgehead atoms. The van der Waals surface area contributed by atoms with Crippen molar-refractivity contribution in [1.29, 1.82) is 0 Å². The molecule has 86 valence electrons. The number of hydrogen-bond donors (Lipinski definition) is 2. The van der Waals surface area contributed by atoms with Crippen molar-refractivity contribution >= 4 is 5.91 Å². The number of nitrogens with zero attached hydrogens (tertiary/aromatic N) is 1. The first-order valence-corrected chi connectivity index (χ1v) is 5.80. The number of nitrogens with one attached hydrogen (secondary N) is 1. The summed E-state index contributed by atoms with van der Waals surface area (Å²) >= 11 is 0. The van der Waals surface area contributed by atoms with Crippen molar-refractivity contribution in [2.24, 2.45) is 5.73 Å². The number of nitrogens with two attached hydrogens (primary N) is 1. The Bertz CT molecular complexity index is 271. The molecule has 0 radical (unpaired) electrons. The Morgan fingerprint density at radius 2 is 2.07 bits per heavy atom. The summed E-state index contributed by atoms with van der Waals surface area (Å²) in [5, 5.41) is 3.14. The van der Waals surface area contributed by atoms with Gasteiger partial charge in [0.25, 0.3) is 0 Å². The maximum absolute atomic E-state index is 11.8. The number of piperidine rings is 1. The molecule has 2 aliphatic rings. The first-order valence-electron chi connectivity index (χ1n) is 5.80. The van der Waals surface area contributed by atoms with Gasteiger partial charge in [0.15, 0.2) is 0 Å². The fourth-order valence-electron chi connectivity index (χ4n) is 2.73. The zero-order chi connectivity index (χ0) is 11.1. The molecule has 3 N–H and O–H groups in total. The molecule has 4 heteroatoms. The zero-order valence-electron chi connectivity index (χ0n) is 9.68. The molecule has 2 fully saturated rings. The lowest BCUT2D eigenvalue weighted by molar-refractivity contribution is -0.124. The highest BCUT2D eigenvalue weighted by Gasteiger charge is 2.51. The van der Waals surface area contributed by atoms with Gasteiger partial charge >= 0.3 is 0 Å². The summed E-state index contributed by atoms with van der Waals surface area (Å²) in [6.07, 6.45) is 3.61. The van der Waals surface area contributed by atoms with E-state index in [-0.39, 0.29) is 11.4 Å². The van der Waals surface area contributed by atoms with Crippen LogP contribution in [0, 0.1) is 0 Å². The standard InChI is InChI=1S/C11H21N3O/c1-3-11(12)8-10(13-9(11)15)4-6-14(2)7-5-10/h3-8,12H2,1-2H3,(H,13,15)/t11-/m1/s1. The van der Waals surface area contributed by atoms with E-state index in [1.165, 1.54) is 0 Å². The minimum Gasteiger partial charge on any atom is -0.349 e. The Labute approximate surface area is 91.2 Å². The summed E-state index contributed by atoms with van der Waals surface area (Å²) < 4.78 is 0. The van der Waals surface area contributed by atoms with E-state index >= 15 is 0 Å². The van der Waals surface area contributed by atoms with Crippen LogP contribution in [0.2, 0.25) is 0 Å². The third-order valence-corrected chi connectivity index (χ3v) is 4.06. The van der Waals surface area contributed by atoms with E-state index in [4.69, 9.17) is 5.73 Å². The Balaban J connectivity index is 2.11. The molecular weight excluding hydrogens is 190 g/mol. The van der Waals surface area contributed by atoms with Crippen LogP contribution in [0.25, 0.3) is 0 Å². The predicted octanol–water partition coefficient (Wildman–Crippen LogP) is 0.0782. The van der Waals surface area contributed by atoms with Gasteiger partial charge in [-0.1, -0.05) is 6.92 Å². The Morgan fingerprint density at radius 1 is 1.47 bits per heavy atom. The highest BCUT2D eigenvalue weighted by Crippen LogP contribution is 2.36. The number of carbonyl (C=O) groups is 1. The Kier molecular flexibility index (Phi) is 2.51. The fraction of sp³-hybridized carbons (Fsp3) is 0.909. The van der Waals surface area contributed by atoms with Gasteiger partial charge in [0.2, 0.25) is 5.91 Å². The maximum atomic E-state index is 11.8. The van der Waals surface area contributed by atoms with Crippen molar-refractivity contribution in [3.8, 4) is 0 Å². The molecule has 0 unspecified atom stereocenters. The van der Waals surface area contributed by atoms with E-state index < -0.39 is 5.54 Å². The van der Waals surface area contributed by atoms with Crippen molar-refractivity contribution in [2.75, 3.05) is 20.1 Å². The molecule has 2 saturated heterocycles. The van der Waals surface area contributed by atoms with Crippen LogP contribution in [0.15, 0.2) is 0 Å². The van der Waals surface area contributed by atoms with Crippen molar-refractivity contribution in [1.82, 2.24) is 10.2 Å². The van der Waals surface area contributed by atoms with Crippen molar-refractivity contribution in [3.63, 3.8) is 0 Å². The molecule has 2 aliphatic heterocycles. The van der Waals surface area contributed by atoms with Crippen LogP contribution < -0.4 is 11.1 Å². The van der Waals surface area contributed by atoms with E-state index in [1.54, 1.807) is 0 Å². The van der Waals surface area contributed by atoms with Crippen LogP contribution >= 0.6 is 0 Å². The molecule has 15 heavy (non-hydrogen) atoms. The van der Waals surface area contributed by atoms with E-state index in [0.717, 1.165) is 38.8 Å². The van der Waals surface area contributed by atoms with Crippen LogP contribution in [0.1, 0.15) is 32.6 Å². The molecular formula is C11H21N3O. The fourth-order valence-corrected chi connectivity index (χ4v) is 2.73. The first-order chi connectivity index (χ1) is 7.00. The lowest BCUT2D eigenvalue weighted by Crippen LogP contribution is -2.49. The van der Waals surface area contributed by atoms with Crippen molar-refractivity contribution < 1.29 is 4.79 Å². The minimum absolute atomic E-state index is 0.00560. The summed E-state index contributed by atoms with van der Waals surface area (Å²) in [6.45, 7) is 4.10. The first kappa shape index (κ1) is 10.9. The van der Waals surface area contributed by atoms with Gasteiger partial charge in [-0.05, 0) is 32.7 Å². The molecule has 0 aromatic rings. The van der Waals surface area contributed by atoms with Gasteiger partial charge in [0, 0.05) is 18.6 Å². The molecule has 2 rings (SSSR count). The monoisotopic (exact) mass is 211 g/mol. The smallest absolute Gasteiger partial charge is 0.240 e. The molecule has 0 aromatic carbocycles. The van der Waals surface area contributed by atoms with E-state index in [0.29, 0.717) is 0 Å². The molecule has 4 nitrogen and oxygen atoms in total. The minimum atomic E-state index is -0.615. The van der Waals surface area contributed by atoms with Gasteiger partial charge in [0.05, 0.1) is 5.54 Å². The van der Waals surface area contributed by atoms with Crippen LogP contribution in [0.5, 0.6) is 0 Å². The molecule has 0 aliphatic carbocycles. The van der Waals surface area contributed by atoms with Crippen LogP contribution in [0.3, 0.4) is 0 Å². The number of amides is 1. The average Bonchev–Trinajstić information content (AvgIpc) is 2.46. The van der Waals surface area contributed by atoms with Crippen LogP contribution in [0.4, 0.5) is 0 Å². The van der Waals surface area contributed by atoms with Gasteiger partial charge in [-0.25, -0.2) is 0 Å². The number of carbonyl (C=O) groups excluding carboxylic acids is 1. The second-order valence-electron chi connectivity index (χ2n) is 5.22. The van der Waals surface area contributed by atoms with Gasteiger partial charge in [-0.15, -0.1) is 0 Å². The lowest BCUT2D eigenvalue weighted by Gasteiger charge is -2.38. The Hall–Kier alpha value is -0.610. The molecule has 1 atom stereocenters. The SMILES string of the molecule is CC[C@@]1(N)CC2(CCN(C)CC2)NC1=O. The second kappa shape index (κ2) is 3.46. The van der Waals surface area contributed by atoms with E-state index in [9.17, 15) is 4.79 Å². The molecule has 2 heterocycles. The van der Waals surface area contributed by atoms with E-state index in [2.05, 4.69) is 17.3 Å².